The summed E-state index contributed by atoms with van der Waals surface area (Å²) in [6.45, 7) is 2.74. The van der Waals surface area contributed by atoms with Gasteiger partial charge in [0.05, 0.1) is 17.8 Å². The molecule has 2 fully saturated rings. The number of hydrogen-bond acceptors (Lipinski definition) is 4. The summed E-state index contributed by atoms with van der Waals surface area (Å²) in [6, 6.07) is 3.68. The monoisotopic (exact) mass is 369 g/mol. The zero-order valence-electron chi connectivity index (χ0n) is 14.9. The lowest BCUT2D eigenvalue weighted by atomic mass is 9.76. The van der Waals surface area contributed by atoms with E-state index in [1.807, 2.05) is 0 Å². The summed E-state index contributed by atoms with van der Waals surface area (Å²) in [4.78, 5) is 14.1. The van der Waals surface area contributed by atoms with E-state index in [-0.39, 0.29) is 18.9 Å². The van der Waals surface area contributed by atoms with Gasteiger partial charge in [-0.05, 0) is 43.9 Å². The van der Waals surface area contributed by atoms with Gasteiger partial charge in [-0.2, -0.15) is 0 Å². The van der Waals surface area contributed by atoms with Gasteiger partial charge in [-0.15, -0.1) is 0 Å². The van der Waals surface area contributed by atoms with Crippen LogP contribution in [0.3, 0.4) is 0 Å². The molecule has 0 radical (unpaired) electrons. The van der Waals surface area contributed by atoms with E-state index in [9.17, 15) is 23.8 Å². The third-order valence-corrected chi connectivity index (χ3v) is 5.58. The predicted molar refractivity (Wildman–Crippen MR) is 90.4 cm³/mol. The van der Waals surface area contributed by atoms with Crippen LogP contribution in [0.4, 0.5) is 8.78 Å². The molecule has 3 rings (SSSR count). The highest BCUT2D eigenvalue weighted by Crippen LogP contribution is 2.39. The maximum Gasteiger partial charge on any atom is 0.222 e. The molecule has 2 heterocycles. The molecule has 1 amide bonds. The molecule has 1 spiro atoms. The van der Waals surface area contributed by atoms with Crippen molar-refractivity contribution in [2.75, 3.05) is 19.7 Å². The summed E-state index contributed by atoms with van der Waals surface area (Å²) < 4.78 is 32.0. The second-order valence-electron chi connectivity index (χ2n) is 7.67. The minimum absolute atomic E-state index is 0.0350. The molecule has 0 aromatic heterocycles. The van der Waals surface area contributed by atoms with Gasteiger partial charge in [0.2, 0.25) is 5.91 Å². The van der Waals surface area contributed by atoms with Crippen LogP contribution in [-0.4, -0.2) is 58.0 Å². The van der Waals surface area contributed by atoms with Crippen molar-refractivity contribution in [2.24, 2.45) is 0 Å². The summed E-state index contributed by atoms with van der Waals surface area (Å²) in [5.41, 5.74) is -1.09. The van der Waals surface area contributed by atoms with Crippen molar-refractivity contribution in [1.82, 2.24) is 4.90 Å². The Hall–Kier alpha value is -1.57. The van der Waals surface area contributed by atoms with Gasteiger partial charge in [0.25, 0.3) is 0 Å². The summed E-state index contributed by atoms with van der Waals surface area (Å²) in [5.74, 6) is -1.83. The second-order valence-corrected chi connectivity index (χ2v) is 7.67. The molecule has 2 atom stereocenters. The van der Waals surface area contributed by atoms with Crippen LogP contribution in [0.1, 0.15) is 38.2 Å². The number of piperidine rings is 1. The summed E-state index contributed by atoms with van der Waals surface area (Å²) in [5, 5.41) is 20.1. The third kappa shape index (κ3) is 4.05. The molecule has 2 saturated heterocycles. The smallest absolute Gasteiger partial charge is 0.222 e. The molecule has 2 aliphatic heterocycles. The van der Waals surface area contributed by atoms with Crippen LogP contribution in [0.2, 0.25) is 0 Å². The highest BCUT2D eigenvalue weighted by molar-refractivity contribution is 5.76. The van der Waals surface area contributed by atoms with Crippen LogP contribution in [-0.2, 0) is 16.0 Å². The van der Waals surface area contributed by atoms with E-state index < -0.39 is 28.9 Å². The van der Waals surface area contributed by atoms with Crippen molar-refractivity contribution in [3.05, 3.63) is 35.4 Å². The van der Waals surface area contributed by atoms with E-state index in [0.29, 0.717) is 44.3 Å². The number of benzene rings is 1. The molecule has 1 aromatic carbocycles. The lowest BCUT2D eigenvalue weighted by molar-refractivity contribution is -0.222. The van der Waals surface area contributed by atoms with Gasteiger partial charge in [0.15, 0.2) is 11.6 Å². The van der Waals surface area contributed by atoms with E-state index in [4.69, 9.17) is 4.74 Å². The highest BCUT2D eigenvalue weighted by atomic mass is 19.2. The fourth-order valence-corrected chi connectivity index (χ4v) is 3.85. The van der Waals surface area contributed by atoms with Crippen molar-refractivity contribution < 1.29 is 28.5 Å². The Kier molecular flexibility index (Phi) is 5.33. The van der Waals surface area contributed by atoms with Gasteiger partial charge in [0, 0.05) is 25.9 Å². The number of amides is 1. The van der Waals surface area contributed by atoms with Crippen molar-refractivity contribution in [3.63, 3.8) is 0 Å². The Morgan fingerprint density at radius 3 is 2.62 bits per heavy atom. The molecule has 5 nitrogen and oxygen atoms in total. The number of aryl methyl sites for hydroxylation is 1. The van der Waals surface area contributed by atoms with E-state index in [0.717, 1.165) is 12.1 Å². The molecule has 0 saturated carbocycles. The van der Waals surface area contributed by atoms with Gasteiger partial charge in [-0.25, -0.2) is 8.78 Å². The second kappa shape index (κ2) is 7.21. The zero-order chi connectivity index (χ0) is 18.9. The standard InChI is InChI=1S/C19H25F2NO4/c1-18(25)12-19(26-11-16(18)23)6-8-22(9-7-19)17(24)5-3-13-2-4-14(20)15(21)10-13/h2,4,10,16,23,25H,3,5-9,11-12H2,1H3/t16-,18-/m0/s1. The Morgan fingerprint density at radius 1 is 1.31 bits per heavy atom. The number of aliphatic hydroxyl groups is 2. The van der Waals surface area contributed by atoms with Crippen molar-refractivity contribution in [2.45, 2.75) is 56.3 Å². The minimum atomic E-state index is -1.18. The fourth-order valence-electron chi connectivity index (χ4n) is 3.85. The van der Waals surface area contributed by atoms with Gasteiger partial charge in [-0.3, -0.25) is 4.79 Å². The first-order valence-corrected chi connectivity index (χ1v) is 8.97. The molecular weight excluding hydrogens is 344 g/mol. The van der Waals surface area contributed by atoms with Crippen LogP contribution in [0, 0.1) is 11.6 Å². The van der Waals surface area contributed by atoms with Crippen molar-refractivity contribution in [3.8, 4) is 0 Å². The fraction of sp³-hybridized carbons (Fsp3) is 0.632. The molecule has 0 aliphatic carbocycles. The lowest BCUT2D eigenvalue weighted by Gasteiger charge is -2.49. The van der Waals surface area contributed by atoms with Crippen LogP contribution < -0.4 is 0 Å². The number of carbonyl (C=O) groups excluding carboxylic acids is 1. The van der Waals surface area contributed by atoms with E-state index in [2.05, 4.69) is 0 Å². The van der Waals surface area contributed by atoms with Crippen LogP contribution >= 0.6 is 0 Å². The molecule has 0 bridgehead atoms. The largest absolute Gasteiger partial charge is 0.388 e. The van der Waals surface area contributed by atoms with E-state index in [1.165, 1.54) is 6.07 Å². The summed E-state index contributed by atoms with van der Waals surface area (Å²) in [6.07, 6.45) is 1.24. The normalized spacial score (nSPS) is 28.3. The van der Waals surface area contributed by atoms with Crippen LogP contribution in [0.25, 0.3) is 0 Å². The quantitative estimate of drug-likeness (QED) is 0.852. The molecule has 2 N–H and O–H groups in total. The molecule has 26 heavy (non-hydrogen) atoms. The number of likely N-dealkylation sites (tertiary alicyclic amines) is 1. The SMILES string of the molecule is C[C@]1(O)CC2(CCN(C(=O)CCc3ccc(F)c(F)c3)CC2)OC[C@@H]1O. The van der Waals surface area contributed by atoms with Gasteiger partial charge in [0.1, 0.15) is 6.10 Å². The van der Waals surface area contributed by atoms with Gasteiger partial charge < -0.3 is 19.8 Å². The van der Waals surface area contributed by atoms with Crippen molar-refractivity contribution in [1.29, 1.82) is 0 Å². The maximum atomic E-state index is 13.2. The number of nitrogens with zero attached hydrogens (tertiary/aromatic N) is 1. The Bertz CT molecular complexity index is 672. The summed E-state index contributed by atoms with van der Waals surface area (Å²) in [7, 11) is 0. The lowest BCUT2D eigenvalue weighted by Crippen LogP contribution is -2.59. The summed E-state index contributed by atoms with van der Waals surface area (Å²) >= 11 is 0. The Balaban J connectivity index is 1.51. The predicted octanol–water partition coefficient (Wildman–Crippen LogP) is 1.79. The molecular formula is C19H25F2NO4. The first kappa shape index (κ1) is 19.2. The Morgan fingerprint density at radius 2 is 2.00 bits per heavy atom. The molecule has 2 aliphatic rings. The minimum Gasteiger partial charge on any atom is -0.388 e. The number of hydrogen-bond donors (Lipinski definition) is 2. The number of aliphatic hydroxyl groups excluding tert-OH is 1. The molecule has 144 valence electrons. The average Bonchev–Trinajstić information content (AvgIpc) is 2.60. The number of carbonyl (C=O) groups is 1. The number of ether oxygens (including phenoxy) is 1. The van der Waals surface area contributed by atoms with Crippen LogP contribution in [0.5, 0.6) is 0 Å². The number of halogens is 2. The van der Waals surface area contributed by atoms with E-state index >= 15 is 0 Å². The molecule has 0 unspecified atom stereocenters. The Labute approximate surface area is 151 Å². The maximum absolute atomic E-state index is 13.2. The highest BCUT2D eigenvalue weighted by Gasteiger charge is 2.48. The van der Waals surface area contributed by atoms with E-state index in [1.54, 1.807) is 11.8 Å². The zero-order valence-corrected chi connectivity index (χ0v) is 14.9. The number of rotatable bonds is 3. The van der Waals surface area contributed by atoms with Crippen molar-refractivity contribution >= 4 is 5.91 Å². The first-order valence-electron chi connectivity index (χ1n) is 8.97. The van der Waals surface area contributed by atoms with Gasteiger partial charge in [-0.1, -0.05) is 6.07 Å². The topological polar surface area (TPSA) is 70.0 Å². The molecule has 1 aromatic rings. The molecule has 7 heteroatoms. The van der Waals surface area contributed by atoms with Gasteiger partial charge >= 0.3 is 0 Å². The third-order valence-electron chi connectivity index (χ3n) is 5.58. The average molecular weight is 369 g/mol. The van der Waals surface area contributed by atoms with Crippen LogP contribution in [0.15, 0.2) is 18.2 Å². The first-order chi connectivity index (χ1) is 12.2.